The summed E-state index contributed by atoms with van der Waals surface area (Å²) in [5.41, 5.74) is 10.2. The Morgan fingerprint density at radius 1 is 0.688 bits per heavy atom. The first-order chi connectivity index (χ1) is 23.3. The molecule has 0 amide bonds. The number of nitrogens with zero attached hydrogens (tertiary/aromatic N) is 2. The number of Topliss-reactive ketones (excluding diaryl/α,β-unsaturated/α-hetero) is 1. The molecule has 48 heavy (non-hydrogen) atoms. The van der Waals surface area contributed by atoms with Crippen LogP contribution in [0.15, 0.2) is 121 Å². The largest absolute Gasteiger partial charge is 0.507 e. The Hall–Kier alpha value is -5.75. The molecule has 0 radical (unpaired) electrons. The minimum Gasteiger partial charge on any atom is -0.507 e. The normalized spacial score (nSPS) is 14.4. The average Bonchev–Trinajstić information content (AvgIpc) is 3.65. The second-order valence-corrected chi connectivity index (χ2v) is 12.6. The van der Waals surface area contributed by atoms with Gasteiger partial charge in [0.05, 0.1) is 16.9 Å². The lowest BCUT2D eigenvalue weighted by Crippen LogP contribution is -2.19. The number of carbonyl (C=O) groups excluding carboxylic acids is 1. The zero-order chi connectivity index (χ0) is 33.1. The van der Waals surface area contributed by atoms with Crippen molar-refractivity contribution >= 4 is 16.7 Å². The van der Waals surface area contributed by atoms with Gasteiger partial charge >= 0.3 is 0 Å². The lowest BCUT2D eigenvalue weighted by Gasteiger charge is -2.27. The van der Waals surface area contributed by atoms with E-state index in [-0.39, 0.29) is 29.1 Å². The van der Waals surface area contributed by atoms with Crippen molar-refractivity contribution in [2.75, 3.05) is 0 Å². The number of halogens is 2. The van der Waals surface area contributed by atoms with E-state index in [2.05, 4.69) is 9.13 Å². The van der Waals surface area contributed by atoms with E-state index in [4.69, 9.17) is 0 Å². The standard InChI is InChI=1S/C42H32F2N2O2/c1-25-6-18-31(19-7-25)45-35-4-3-5-38(48)40(35)39(41(45)28-12-16-30(44)17-13-28)33-22-23-37(47)34-24-36(27-10-14-29(43)15-11-27)46(42(33)34)32-20-8-26(2)9-21-32/h3-21,24,33,48H,22-23H2,1-2H3/t33-/m0/s1. The minimum atomic E-state index is -0.344. The lowest BCUT2D eigenvalue weighted by atomic mass is 9.80. The van der Waals surface area contributed by atoms with Gasteiger partial charge in [0.25, 0.3) is 0 Å². The molecule has 7 aromatic rings. The number of carbonyl (C=O) groups is 1. The van der Waals surface area contributed by atoms with Crippen LogP contribution in [0.3, 0.4) is 0 Å². The molecule has 2 aromatic heterocycles. The van der Waals surface area contributed by atoms with Crippen molar-refractivity contribution in [1.82, 2.24) is 9.13 Å². The third kappa shape index (κ3) is 4.83. The van der Waals surface area contributed by atoms with Crippen molar-refractivity contribution in [3.05, 3.63) is 161 Å². The third-order valence-electron chi connectivity index (χ3n) is 9.53. The van der Waals surface area contributed by atoms with Crippen molar-refractivity contribution in [1.29, 1.82) is 0 Å². The lowest BCUT2D eigenvalue weighted by molar-refractivity contribution is 0.0969. The fraction of sp³-hybridized carbons (Fsp3) is 0.119. The highest BCUT2D eigenvalue weighted by molar-refractivity contribution is 6.03. The average molecular weight is 635 g/mol. The van der Waals surface area contributed by atoms with Gasteiger partial charge in [-0.25, -0.2) is 8.78 Å². The molecule has 0 spiro atoms. The molecule has 1 N–H and O–H groups in total. The smallest absolute Gasteiger partial charge is 0.164 e. The monoisotopic (exact) mass is 634 g/mol. The van der Waals surface area contributed by atoms with Crippen molar-refractivity contribution in [3.8, 4) is 39.6 Å². The van der Waals surface area contributed by atoms with Crippen LogP contribution in [-0.2, 0) is 0 Å². The van der Waals surface area contributed by atoms with Crippen molar-refractivity contribution in [3.63, 3.8) is 0 Å². The van der Waals surface area contributed by atoms with Gasteiger partial charge in [-0.05, 0) is 128 Å². The van der Waals surface area contributed by atoms with Gasteiger partial charge < -0.3 is 14.2 Å². The fourth-order valence-electron chi connectivity index (χ4n) is 7.27. The van der Waals surface area contributed by atoms with E-state index in [1.165, 1.54) is 24.3 Å². The summed E-state index contributed by atoms with van der Waals surface area (Å²) in [5.74, 6) is -0.860. The van der Waals surface area contributed by atoms with E-state index < -0.39 is 0 Å². The number of hydrogen-bond acceptors (Lipinski definition) is 2. The molecule has 1 aliphatic rings. The molecule has 0 unspecified atom stereocenters. The topological polar surface area (TPSA) is 47.2 Å². The van der Waals surface area contributed by atoms with Crippen molar-refractivity contribution < 1.29 is 18.7 Å². The maximum Gasteiger partial charge on any atom is 0.164 e. The number of rotatable bonds is 5. The number of benzene rings is 5. The molecule has 0 saturated carbocycles. The Balaban J connectivity index is 1.50. The summed E-state index contributed by atoms with van der Waals surface area (Å²) in [5, 5.41) is 12.3. The summed E-state index contributed by atoms with van der Waals surface area (Å²) >= 11 is 0. The van der Waals surface area contributed by atoms with Crippen LogP contribution in [0.2, 0.25) is 0 Å². The molecule has 5 aromatic carbocycles. The van der Waals surface area contributed by atoms with Crippen LogP contribution < -0.4 is 0 Å². The zero-order valence-corrected chi connectivity index (χ0v) is 26.5. The van der Waals surface area contributed by atoms with Crippen LogP contribution in [0.4, 0.5) is 8.78 Å². The van der Waals surface area contributed by atoms with E-state index in [9.17, 15) is 18.7 Å². The number of phenols is 1. The van der Waals surface area contributed by atoms with Crippen LogP contribution in [0, 0.1) is 25.5 Å². The predicted octanol–water partition coefficient (Wildman–Crippen LogP) is 10.5. The number of hydrogen-bond donors (Lipinski definition) is 1. The molecule has 1 atom stereocenters. The molecular formula is C42H32F2N2O2. The van der Waals surface area contributed by atoms with Crippen LogP contribution in [0.5, 0.6) is 5.75 Å². The SMILES string of the molecule is Cc1ccc(-n2c(-c3ccc(F)cc3)cc3c2[C@H](c2c(-c4ccc(F)cc4)n(-c4ccc(C)cc4)c4cccc(O)c24)CCC3=O)cc1. The summed E-state index contributed by atoms with van der Waals surface area (Å²) in [4.78, 5) is 13.8. The van der Waals surface area contributed by atoms with Crippen LogP contribution in [-0.4, -0.2) is 20.0 Å². The third-order valence-corrected chi connectivity index (χ3v) is 9.53. The number of phenolic OH excluding ortho intramolecular Hbond substituents is 1. The van der Waals surface area contributed by atoms with Gasteiger partial charge in [0, 0.05) is 40.4 Å². The number of aromatic hydroxyl groups is 1. The summed E-state index contributed by atoms with van der Waals surface area (Å²) in [6, 6.07) is 36.6. The van der Waals surface area contributed by atoms with Gasteiger partial charge in [0.2, 0.25) is 0 Å². The molecule has 2 heterocycles. The zero-order valence-electron chi connectivity index (χ0n) is 26.5. The van der Waals surface area contributed by atoms with Gasteiger partial charge in [-0.2, -0.15) is 0 Å². The highest BCUT2D eigenvalue weighted by Crippen LogP contribution is 2.51. The van der Waals surface area contributed by atoms with Crippen molar-refractivity contribution in [2.45, 2.75) is 32.6 Å². The summed E-state index contributed by atoms with van der Waals surface area (Å²) in [7, 11) is 0. The second kappa shape index (κ2) is 11.5. The van der Waals surface area contributed by atoms with E-state index in [0.717, 1.165) is 61.8 Å². The molecule has 1 aliphatic carbocycles. The number of fused-ring (bicyclic) bond motifs is 2. The molecule has 236 valence electrons. The van der Waals surface area contributed by atoms with Gasteiger partial charge in [0.15, 0.2) is 5.78 Å². The highest BCUT2D eigenvalue weighted by atomic mass is 19.1. The summed E-state index contributed by atoms with van der Waals surface area (Å²) < 4.78 is 32.7. The van der Waals surface area contributed by atoms with Crippen LogP contribution >= 0.6 is 0 Å². The number of ketones is 1. The summed E-state index contributed by atoms with van der Waals surface area (Å²) in [6.45, 7) is 4.06. The fourth-order valence-corrected chi connectivity index (χ4v) is 7.27. The summed E-state index contributed by atoms with van der Waals surface area (Å²) in [6.07, 6.45) is 0.812. The number of aromatic nitrogens is 2. The van der Waals surface area contributed by atoms with Crippen LogP contribution in [0.25, 0.3) is 44.8 Å². The first-order valence-electron chi connectivity index (χ1n) is 16.1. The molecule has 0 saturated heterocycles. The van der Waals surface area contributed by atoms with Gasteiger partial charge in [-0.15, -0.1) is 0 Å². The maximum absolute atomic E-state index is 14.4. The van der Waals surface area contributed by atoms with E-state index in [1.807, 2.05) is 80.6 Å². The molecule has 4 nitrogen and oxygen atoms in total. The van der Waals surface area contributed by atoms with Gasteiger partial charge in [-0.3, -0.25) is 4.79 Å². The maximum atomic E-state index is 14.4. The molecule has 6 heteroatoms. The van der Waals surface area contributed by atoms with E-state index >= 15 is 0 Å². The van der Waals surface area contributed by atoms with Crippen LogP contribution in [0.1, 0.15) is 51.5 Å². The molecule has 0 fully saturated rings. The van der Waals surface area contributed by atoms with Crippen molar-refractivity contribution in [2.24, 2.45) is 0 Å². The van der Waals surface area contributed by atoms with Gasteiger partial charge in [-0.1, -0.05) is 41.5 Å². The van der Waals surface area contributed by atoms with Gasteiger partial charge in [0.1, 0.15) is 17.4 Å². The Morgan fingerprint density at radius 3 is 1.85 bits per heavy atom. The Bertz CT molecular complexity index is 2330. The Morgan fingerprint density at radius 2 is 1.25 bits per heavy atom. The molecule has 8 rings (SSSR count). The first kappa shape index (κ1) is 29.6. The highest BCUT2D eigenvalue weighted by Gasteiger charge is 2.37. The molecule has 0 bridgehead atoms. The quantitative estimate of drug-likeness (QED) is 0.205. The Kier molecular flexibility index (Phi) is 7.10. The molecular weight excluding hydrogens is 602 g/mol. The second-order valence-electron chi connectivity index (χ2n) is 12.6. The first-order valence-corrected chi connectivity index (χ1v) is 16.1. The molecule has 0 aliphatic heterocycles. The minimum absolute atomic E-state index is 0.0327. The van der Waals surface area contributed by atoms with E-state index in [1.54, 1.807) is 30.3 Å². The predicted molar refractivity (Wildman–Crippen MR) is 186 cm³/mol. The van der Waals surface area contributed by atoms with E-state index in [0.29, 0.717) is 23.8 Å². The number of aryl methyl sites for hydroxylation is 2. The Labute approximate surface area is 277 Å².